The van der Waals surface area contributed by atoms with Gasteiger partial charge in [0.25, 0.3) is 0 Å². The lowest BCUT2D eigenvalue weighted by Crippen LogP contribution is -2.39. The third-order valence-electron chi connectivity index (χ3n) is 3.33. The van der Waals surface area contributed by atoms with Crippen molar-refractivity contribution < 1.29 is 27.9 Å². The maximum Gasteiger partial charge on any atom is 0.405 e. The molecule has 2 rings (SSSR count). The first-order valence-electron chi connectivity index (χ1n) is 6.65. The smallest absolute Gasteiger partial charge is 0.390 e. The van der Waals surface area contributed by atoms with Gasteiger partial charge in [0.2, 0.25) is 11.8 Å². The summed E-state index contributed by atoms with van der Waals surface area (Å²) < 4.78 is 35.8. The van der Waals surface area contributed by atoms with Crippen molar-refractivity contribution in [3.05, 3.63) is 35.4 Å². The highest BCUT2D eigenvalue weighted by atomic mass is 19.4. The predicted molar refractivity (Wildman–Crippen MR) is 70.7 cm³/mol. The summed E-state index contributed by atoms with van der Waals surface area (Å²) in [5, 5.41) is 14.0. The van der Waals surface area contributed by atoms with E-state index in [9.17, 15) is 27.9 Å². The molecule has 0 unspecified atom stereocenters. The standard InChI is InChI=1S/C14H15F3N2O3/c15-14(16,17)7-18-11(21)6-12(22)19-13-9-4-2-1-3-8(9)5-10(13)20/h1-4,10,13,20H,5-7H2,(H,18,21)(H,19,22)/t10-,13+/m1/s1. The summed E-state index contributed by atoms with van der Waals surface area (Å²) in [6.45, 7) is -1.48. The highest BCUT2D eigenvalue weighted by Crippen LogP contribution is 2.31. The van der Waals surface area contributed by atoms with E-state index in [1.54, 1.807) is 23.5 Å². The monoisotopic (exact) mass is 316 g/mol. The minimum atomic E-state index is -4.52. The number of halogens is 3. The summed E-state index contributed by atoms with van der Waals surface area (Å²) in [4.78, 5) is 23.0. The van der Waals surface area contributed by atoms with Gasteiger partial charge in [-0.2, -0.15) is 13.2 Å². The summed E-state index contributed by atoms with van der Waals surface area (Å²) in [5.41, 5.74) is 1.64. The second kappa shape index (κ2) is 6.35. The van der Waals surface area contributed by atoms with Gasteiger partial charge in [-0.15, -0.1) is 0 Å². The highest BCUT2D eigenvalue weighted by Gasteiger charge is 2.32. The zero-order valence-electron chi connectivity index (χ0n) is 11.5. The van der Waals surface area contributed by atoms with Gasteiger partial charge in [-0.3, -0.25) is 9.59 Å². The first kappa shape index (κ1) is 16.3. The number of benzene rings is 1. The number of hydrogen-bond acceptors (Lipinski definition) is 3. The lowest BCUT2D eigenvalue weighted by Gasteiger charge is -2.18. The molecule has 1 aliphatic carbocycles. The fourth-order valence-corrected chi connectivity index (χ4v) is 2.38. The Morgan fingerprint density at radius 2 is 1.91 bits per heavy atom. The van der Waals surface area contributed by atoms with Gasteiger partial charge in [0.05, 0.1) is 12.1 Å². The van der Waals surface area contributed by atoms with Gasteiger partial charge < -0.3 is 15.7 Å². The second-order valence-corrected chi connectivity index (χ2v) is 5.08. The first-order chi connectivity index (χ1) is 10.3. The highest BCUT2D eigenvalue weighted by molar-refractivity contribution is 5.97. The molecule has 8 heteroatoms. The van der Waals surface area contributed by atoms with Crippen molar-refractivity contribution in [3.8, 4) is 0 Å². The molecule has 0 bridgehead atoms. The Hall–Kier alpha value is -2.09. The van der Waals surface area contributed by atoms with E-state index in [4.69, 9.17) is 0 Å². The third kappa shape index (κ3) is 4.20. The van der Waals surface area contributed by atoms with Crippen LogP contribution in [0.3, 0.4) is 0 Å². The molecule has 2 atom stereocenters. The van der Waals surface area contributed by atoms with E-state index < -0.39 is 43.1 Å². The Kier molecular flexibility index (Phi) is 4.70. The zero-order valence-corrected chi connectivity index (χ0v) is 11.5. The summed E-state index contributed by atoms with van der Waals surface area (Å²) in [6, 6.07) is 6.48. The molecule has 3 N–H and O–H groups in total. The van der Waals surface area contributed by atoms with Gasteiger partial charge >= 0.3 is 6.18 Å². The SMILES string of the molecule is O=C(CC(=O)N[C@H]1c2ccccc2C[C@H]1O)NCC(F)(F)F. The van der Waals surface area contributed by atoms with Crippen LogP contribution in [-0.2, 0) is 16.0 Å². The molecule has 0 aliphatic heterocycles. The van der Waals surface area contributed by atoms with Crippen LogP contribution in [0.2, 0.25) is 0 Å². The summed E-state index contributed by atoms with van der Waals surface area (Å²) >= 11 is 0. The number of aliphatic hydroxyl groups is 1. The zero-order chi connectivity index (χ0) is 16.3. The number of carbonyl (C=O) groups excluding carboxylic acids is 2. The van der Waals surface area contributed by atoms with Crippen LogP contribution in [0, 0.1) is 0 Å². The van der Waals surface area contributed by atoms with E-state index in [1.807, 2.05) is 6.07 Å². The molecule has 0 saturated heterocycles. The minimum absolute atomic E-state index is 0.376. The number of nitrogens with one attached hydrogen (secondary N) is 2. The molecular formula is C14H15F3N2O3. The maximum absolute atomic E-state index is 11.9. The lowest BCUT2D eigenvalue weighted by molar-refractivity contribution is -0.141. The Bertz CT molecular complexity index is 575. The number of alkyl halides is 3. The molecule has 5 nitrogen and oxygen atoms in total. The Balaban J connectivity index is 1.89. The fourth-order valence-electron chi connectivity index (χ4n) is 2.38. The normalized spacial score (nSPS) is 20.4. The number of fused-ring (bicyclic) bond motifs is 1. The molecule has 0 saturated carbocycles. The topological polar surface area (TPSA) is 78.4 Å². The molecule has 120 valence electrons. The van der Waals surface area contributed by atoms with E-state index in [0.29, 0.717) is 6.42 Å². The molecule has 1 aromatic carbocycles. The van der Waals surface area contributed by atoms with Crippen molar-refractivity contribution in [2.24, 2.45) is 0 Å². The maximum atomic E-state index is 11.9. The van der Waals surface area contributed by atoms with Crippen LogP contribution >= 0.6 is 0 Å². The number of rotatable bonds is 4. The van der Waals surface area contributed by atoms with E-state index in [1.165, 1.54) is 0 Å². The van der Waals surface area contributed by atoms with Crippen molar-refractivity contribution in [1.82, 2.24) is 10.6 Å². The number of aliphatic hydroxyl groups excluding tert-OH is 1. The summed E-state index contributed by atoms with van der Waals surface area (Å²) in [7, 11) is 0. The van der Waals surface area contributed by atoms with Crippen molar-refractivity contribution in [2.75, 3.05) is 6.54 Å². The van der Waals surface area contributed by atoms with Crippen LogP contribution in [0.1, 0.15) is 23.6 Å². The van der Waals surface area contributed by atoms with E-state index in [-0.39, 0.29) is 0 Å². The molecular weight excluding hydrogens is 301 g/mol. The van der Waals surface area contributed by atoms with Gasteiger partial charge in [-0.1, -0.05) is 24.3 Å². The van der Waals surface area contributed by atoms with Crippen LogP contribution in [0.5, 0.6) is 0 Å². The number of carbonyl (C=O) groups is 2. The van der Waals surface area contributed by atoms with Gasteiger partial charge in [0, 0.05) is 6.42 Å². The van der Waals surface area contributed by atoms with Crippen molar-refractivity contribution in [1.29, 1.82) is 0 Å². The Labute approximate surface area is 124 Å². The summed E-state index contributed by atoms with van der Waals surface area (Å²) in [6.07, 6.45) is -5.69. The van der Waals surface area contributed by atoms with Crippen LogP contribution in [0.15, 0.2) is 24.3 Å². The van der Waals surface area contributed by atoms with Gasteiger partial charge in [-0.25, -0.2) is 0 Å². The van der Waals surface area contributed by atoms with Gasteiger partial charge in [0.1, 0.15) is 13.0 Å². The largest absolute Gasteiger partial charge is 0.405 e. The fraction of sp³-hybridized carbons (Fsp3) is 0.429. The first-order valence-corrected chi connectivity index (χ1v) is 6.65. The van der Waals surface area contributed by atoms with Gasteiger partial charge in [-0.05, 0) is 11.1 Å². The average Bonchev–Trinajstić information content (AvgIpc) is 2.72. The molecule has 1 aliphatic rings. The average molecular weight is 316 g/mol. The Morgan fingerprint density at radius 1 is 1.23 bits per heavy atom. The van der Waals surface area contributed by atoms with Crippen LogP contribution in [-0.4, -0.2) is 35.7 Å². The molecule has 0 aromatic heterocycles. The van der Waals surface area contributed by atoms with E-state index in [0.717, 1.165) is 11.1 Å². The van der Waals surface area contributed by atoms with Crippen LogP contribution in [0.25, 0.3) is 0 Å². The Morgan fingerprint density at radius 3 is 2.59 bits per heavy atom. The van der Waals surface area contributed by atoms with Gasteiger partial charge in [0.15, 0.2) is 0 Å². The van der Waals surface area contributed by atoms with Crippen molar-refractivity contribution in [2.45, 2.75) is 31.2 Å². The predicted octanol–water partition coefficient (Wildman–Crippen LogP) is 0.829. The third-order valence-corrected chi connectivity index (χ3v) is 3.33. The van der Waals surface area contributed by atoms with Crippen molar-refractivity contribution in [3.63, 3.8) is 0 Å². The van der Waals surface area contributed by atoms with Crippen LogP contribution < -0.4 is 10.6 Å². The molecule has 0 fully saturated rings. The van der Waals surface area contributed by atoms with E-state index >= 15 is 0 Å². The van der Waals surface area contributed by atoms with Crippen LogP contribution in [0.4, 0.5) is 13.2 Å². The quantitative estimate of drug-likeness (QED) is 0.720. The summed E-state index contributed by atoms with van der Waals surface area (Å²) in [5.74, 6) is -1.75. The minimum Gasteiger partial charge on any atom is -0.390 e. The molecule has 2 amide bonds. The molecule has 0 heterocycles. The van der Waals surface area contributed by atoms with Crippen molar-refractivity contribution >= 4 is 11.8 Å². The number of hydrogen-bond donors (Lipinski definition) is 3. The molecule has 1 aromatic rings. The second-order valence-electron chi connectivity index (χ2n) is 5.08. The van der Waals surface area contributed by atoms with E-state index in [2.05, 4.69) is 5.32 Å². The molecule has 22 heavy (non-hydrogen) atoms. The molecule has 0 spiro atoms. The number of amides is 2. The molecule has 0 radical (unpaired) electrons. The lowest BCUT2D eigenvalue weighted by atomic mass is 10.1.